The van der Waals surface area contributed by atoms with Gasteiger partial charge in [-0.3, -0.25) is 9.59 Å². The molecule has 2 aromatic carbocycles. The van der Waals surface area contributed by atoms with E-state index >= 15 is 0 Å². The highest BCUT2D eigenvalue weighted by atomic mass is 35.5. The van der Waals surface area contributed by atoms with Crippen molar-refractivity contribution in [2.45, 2.75) is 44.9 Å². The van der Waals surface area contributed by atoms with Crippen LogP contribution in [0.3, 0.4) is 0 Å². The fourth-order valence-corrected chi connectivity index (χ4v) is 4.94. The van der Waals surface area contributed by atoms with Crippen LogP contribution in [0.2, 0.25) is 5.02 Å². The number of Topliss-reactive ketones (excluding diaryl/α,β-unsaturated/α-hetero) is 1. The zero-order chi connectivity index (χ0) is 26.3. The predicted molar refractivity (Wildman–Crippen MR) is 151 cm³/mol. The van der Waals surface area contributed by atoms with E-state index in [1.54, 1.807) is 48.5 Å². The van der Waals surface area contributed by atoms with Crippen molar-refractivity contribution in [3.05, 3.63) is 59.1 Å². The first-order chi connectivity index (χ1) is 18.5. The van der Waals surface area contributed by atoms with Gasteiger partial charge in [-0.25, -0.2) is 0 Å². The third kappa shape index (κ3) is 6.58. The first-order valence-corrected chi connectivity index (χ1v) is 13.6. The van der Waals surface area contributed by atoms with Crippen molar-refractivity contribution in [3.63, 3.8) is 0 Å². The van der Waals surface area contributed by atoms with E-state index in [-0.39, 0.29) is 12.2 Å². The summed E-state index contributed by atoms with van der Waals surface area (Å²) in [6, 6.07) is 13.9. The van der Waals surface area contributed by atoms with Crippen molar-refractivity contribution >= 4 is 52.5 Å². The predicted octanol–water partition coefficient (Wildman–Crippen LogP) is 5.46. The van der Waals surface area contributed by atoms with Crippen LogP contribution in [0.1, 0.15) is 55.3 Å². The van der Waals surface area contributed by atoms with Gasteiger partial charge >= 0.3 is 0 Å². The number of amides is 1. The summed E-state index contributed by atoms with van der Waals surface area (Å²) in [6.07, 6.45) is 6.75. The van der Waals surface area contributed by atoms with Crippen LogP contribution in [0.15, 0.2) is 48.5 Å². The quantitative estimate of drug-likeness (QED) is 0.290. The first-order valence-electron chi connectivity index (χ1n) is 13.3. The Morgan fingerprint density at radius 2 is 1.34 bits per heavy atom. The second-order valence-corrected chi connectivity index (χ2v) is 10.1. The molecule has 9 nitrogen and oxygen atoms in total. The van der Waals surface area contributed by atoms with Crippen molar-refractivity contribution in [1.82, 2.24) is 15.0 Å². The topological polar surface area (TPSA) is 103 Å². The van der Waals surface area contributed by atoms with E-state index in [0.29, 0.717) is 34.1 Å². The van der Waals surface area contributed by atoms with Crippen LogP contribution in [-0.4, -0.2) is 52.8 Å². The van der Waals surface area contributed by atoms with Gasteiger partial charge in [0.05, 0.1) is 17.1 Å². The van der Waals surface area contributed by atoms with Crippen molar-refractivity contribution in [2.24, 2.45) is 0 Å². The van der Waals surface area contributed by atoms with Crippen LogP contribution in [0.4, 0.5) is 29.2 Å². The van der Waals surface area contributed by atoms with E-state index in [0.717, 1.165) is 57.5 Å². The highest BCUT2D eigenvalue weighted by molar-refractivity contribution is 6.33. The van der Waals surface area contributed by atoms with Gasteiger partial charge in [0.25, 0.3) is 0 Å². The number of carbonyl (C=O) groups is 2. The minimum Gasteiger partial charge on any atom is -0.341 e. The van der Waals surface area contributed by atoms with Gasteiger partial charge in [-0.1, -0.05) is 23.7 Å². The number of aromatic nitrogens is 3. The smallest absolute Gasteiger partial charge is 0.233 e. The molecule has 2 saturated heterocycles. The lowest BCUT2D eigenvalue weighted by Crippen LogP contribution is -2.34. The van der Waals surface area contributed by atoms with Crippen molar-refractivity contribution in [3.8, 4) is 0 Å². The van der Waals surface area contributed by atoms with Gasteiger partial charge in [0.2, 0.25) is 23.8 Å². The molecule has 2 aliphatic heterocycles. The van der Waals surface area contributed by atoms with E-state index in [4.69, 9.17) is 26.6 Å². The summed E-state index contributed by atoms with van der Waals surface area (Å²) in [5, 5.41) is 6.40. The molecule has 0 spiro atoms. The maximum absolute atomic E-state index is 12.7. The molecule has 0 aliphatic carbocycles. The molecule has 38 heavy (non-hydrogen) atoms. The number of hydrogen-bond acceptors (Lipinski definition) is 8. The maximum atomic E-state index is 12.7. The van der Waals surface area contributed by atoms with Gasteiger partial charge in [0.1, 0.15) is 0 Å². The normalized spacial score (nSPS) is 15.7. The number of halogens is 1. The molecule has 198 valence electrons. The lowest BCUT2D eigenvalue weighted by molar-refractivity contribution is -0.115. The molecule has 0 unspecified atom stereocenters. The molecule has 1 aromatic heterocycles. The minimum absolute atomic E-state index is 0.274. The van der Waals surface area contributed by atoms with E-state index in [1.165, 1.54) is 12.8 Å². The zero-order valence-corrected chi connectivity index (χ0v) is 22.1. The van der Waals surface area contributed by atoms with Crippen LogP contribution in [0, 0.1) is 0 Å². The number of para-hydroxylation sites is 1. The number of nitrogens with zero attached hydrogens (tertiary/aromatic N) is 5. The van der Waals surface area contributed by atoms with Gasteiger partial charge in [0.15, 0.2) is 5.78 Å². The van der Waals surface area contributed by atoms with Gasteiger partial charge < -0.3 is 20.4 Å². The molecule has 10 heteroatoms. The molecule has 2 N–H and O–H groups in total. The molecular weight excluding hydrogens is 502 g/mol. The molecular formula is C28H32ClN7O2. The lowest BCUT2D eigenvalue weighted by atomic mass is 10.1. The second-order valence-electron chi connectivity index (χ2n) is 9.68. The Morgan fingerprint density at radius 3 is 1.92 bits per heavy atom. The second kappa shape index (κ2) is 12.2. The van der Waals surface area contributed by atoms with Crippen LogP contribution >= 0.6 is 11.6 Å². The van der Waals surface area contributed by atoms with Crippen molar-refractivity contribution < 1.29 is 9.59 Å². The number of carbonyl (C=O) groups excluding carboxylic acids is 2. The SMILES string of the molecule is O=C(CC(=O)c1ccc(Nc2nc(N3CCCCC3)nc(N3CCCCC3)n2)cc1)Nc1ccccc1Cl. The van der Waals surface area contributed by atoms with Gasteiger partial charge in [-0.15, -0.1) is 0 Å². The maximum Gasteiger partial charge on any atom is 0.233 e. The molecule has 1 amide bonds. The van der Waals surface area contributed by atoms with Crippen LogP contribution < -0.4 is 20.4 Å². The summed E-state index contributed by atoms with van der Waals surface area (Å²) in [4.78, 5) is 43.8. The summed E-state index contributed by atoms with van der Waals surface area (Å²) in [5.41, 5.74) is 1.68. The fraction of sp³-hybridized carbons (Fsp3) is 0.393. The summed E-state index contributed by atoms with van der Waals surface area (Å²) in [7, 11) is 0. The van der Waals surface area contributed by atoms with Crippen molar-refractivity contribution in [2.75, 3.05) is 46.6 Å². The van der Waals surface area contributed by atoms with Crippen molar-refractivity contribution in [1.29, 1.82) is 0 Å². The summed E-state index contributed by atoms with van der Waals surface area (Å²) >= 11 is 6.09. The molecule has 0 saturated carbocycles. The van der Waals surface area contributed by atoms with E-state index < -0.39 is 5.91 Å². The number of nitrogens with one attached hydrogen (secondary N) is 2. The Labute approximate surface area is 227 Å². The zero-order valence-electron chi connectivity index (χ0n) is 21.3. The Hall–Kier alpha value is -3.72. The molecule has 2 fully saturated rings. The lowest BCUT2D eigenvalue weighted by Gasteiger charge is -2.30. The van der Waals surface area contributed by atoms with E-state index in [9.17, 15) is 9.59 Å². The summed E-state index contributed by atoms with van der Waals surface area (Å²) in [6.45, 7) is 3.79. The minimum atomic E-state index is -0.411. The first kappa shape index (κ1) is 25.9. The fourth-order valence-electron chi connectivity index (χ4n) is 4.75. The average Bonchev–Trinajstić information content (AvgIpc) is 2.95. The number of ketones is 1. The van der Waals surface area contributed by atoms with Crippen LogP contribution in [-0.2, 0) is 4.79 Å². The number of rotatable bonds is 8. The monoisotopic (exact) mass is 533 g/mol. The third-order valence-electron chi connectivity index (χ3n) is 6.82. The Balaban J connectivity index is 1.27. The largest absolute Gasteiger partial charge is 0.341 e. The Bertz CT molecular complexity index is 1240. The highest BCUT2D eigenvalue weighted by Gasteiger charge is 2.20. The van der Waals surface area contributed by atoms with Crippen LogP contribution in [0.25, 0.3) is 0 Å². The molecule has 3 heterocycles. The number of hydrogen-bond donors (Lipinski definition) is 2. The summed E-state index contributed by atoms with van der Waals surface area (Å²) in [5.74, 6) is 1.21. The van der Waals surface area contributed by atoms with E-state index in [2.05, 4.69) is 20.4 Å². The van der Waals surface area contributed by atoms with Gasteiger partial charge in [0, 0.05) is 37.4 Å². The average molecular weight is 534 g/mol. The molecule has 5 rings (SSSR count). The highest BCUT2D eigenvalue weighted by Crippen LogP contribution is 2.25. The number of anilines is 5. The Kier molecular flexibility index (Phi) is 8.33. The molecule has 0 bridgehead atoms. The molecule has 0 radical (unpaired) electrons. The number of benzene rings is 2. The molecule has 0 atom stereocenters. The van der Waals surface area contributed by atoms with Gasteiger partial charge in [-0.05, 0) is 74.9 Å². The van der Waals surface area contributed by atoms with Gasteiger partial charge in [-0.2, -0.15) is 15.0 Å². The third-order valence-corrected chi connectivity index (χ3v) is 7.15. The van der Waals surface area contributed by atoms with E-state index in [1.807, 2.05) is 0 Å². The standard InChI is InChI=1S/C28H32ClN7O2/c29-22-9-3-4-10-23(22)31-25(38)19-24(37)20-11-13-21(14-12-20)30-26-32-27(35-15-5-1-6-16-35)34-28(33-26)36-17-7-2-8-18-36/h3-4,9-14H,1-2,5-8,15-19H2,(H,31,38)(H,30,32,33,34). The van der Waals surface area contributed by atoms with Crippen LogP contribution in [0.5, 0.6) is 0 Å². The molecule has 3 aromatic rings. The Morgan fingerprint density at radius 1 is 0.763 bits per heavy atom. The molecule has 2 aliphatic rings. The summed E-state index contributed by atoms with van der Waals surface area (Å²) < 4.78 is 0. The number of piperidine rings is 2.